The zero-order valence-electron chi connectivity index (χ0n) is 20.2. The molecule has 0 unspecified atom stereocenters. The second-order valence-corrected chi connectivity index (χ2v) is 10.7. The first-order chi connectivity index (χ1) is 16.3. The number of Topliss-reactive ketones (excluding diaryl/α,β-unsaturated/α-hetero) is 1. The molecule has 4 aromatic rings. The maximum absolute atomic E-state index is 13.8. The predicted octanol–water partition coefficient (Wildman–Crippen LogP) is 7.69. The monoisotopic (exact) mass is 446 g/mol. The second kappa shape index (κ2) is 7.46. The van der Waals surface area contributed by atoms with Crippen LogP contribution >= 0.6 is 0 Å². The molecule has 2 aliphatic rings. The molecule has 1 heterocycles. The molecule has 170 valence electrons. The van der Waals surface area contributed by atoms with Crippen LogP contribution in [0.3, 0.4) is 0 Å². The molecule has 6 rings (SSSR count). The zero-order valence-corrected chi connectivity index (χ0v) is 20.2. The molecular weight excluding hydrogens is 416 g/mol. The zero-order chi connectivity index (χ0) is 23.6. The third kappa shape index (κ3) is 3.30. The number of hydrogen-bond donors (Lipinski definition) is 2. The van der Waals surface area contributed by atoms with E-state index in [1.807, 2.05) is 0 Å². The van der Waals surface area contributed by atoms with E-state index in [2.05, 4.69) is 111 Å². The lowest BCUT2D eigenvalue weighted by atomic mass is 9.72. The maximum atomic E-state index is 13.8. The van der Waals surface area contributed by atoms with Crippen LogP contribution < -0.4 is 10.6 Å². The minimum absolute atomic E-state index is 0.175. The van der Waals surface area contributed by atoms with E-state index in [4.69, 9.17) is 0 Å². The molecule has 0 saturated carbocycles. The number of aryl methyl sites for hydroxylation is 2. The lowest BCUT2D eigenvalue weighted by Gasteiger charge is -2.36. The van der Waals surface area contributed by atoms with Crippen LogP contribution in [0.5, 0.6) is 0 Å². The lowest BCUT2D eigenvalue weighted by molar-refractivity contribution is -0.124. The van der Waals surface area contributed by atoms with Crippen molar-refractivity contribution in [2.75, 3.05) is 10.6 Å². The van der Waals surface area contributed by atoms with Crippen molar-refractivity contribution < 1.29 is 4.79 Å². The van der Waals surface area contributed by atoms with Gasteiger partial charge in [-0.05, 0) is 75.7 Å². The van der Waals surface area contributed by atoms with E-state index >= 15 is 0 Å². The van der Waals surface area contributed by atoms with E-state index in [0.29, 0.717) is 6.42 Å². The fourth-order valence-electron chi connectivity index (χ4n) is 5.84. The van der Waals surface area contributed by atoms with E-state index in [9.17, 15) is 4.79 Å². The molecule has 2 N–H and O–H groups in total. The third-order valence-electron chi connectivity index (χ3n) is 7.54. The minimum Gasteiger partial charge on any atom is -0.375 e. The molecule has 1 aliphatic carbocycles. The van der Waals surface area contributed by atoms with Crippen LogP contribution in [0.1, 0.15) is 43.0 Å². The number of nitrogens with one attached hydrogen (secondary N) is 2. The summed E-state index contributed by atoms with van der Waals surface area (Å²) >= 11 is 0. The molecule has 2 atom stereocenters. The Balaban J connectivity index is 1.68. The summed E-state index contributed by atoms with van der Waals surface area (Å²) in [6, 6.07) is 23.6. The van der Waals surface area contributed by atoms with Crippen molar-refractivity contribution in [1.29, 1.82) is 0 Å². The van der Waals surface area contributed by atoms with Gasteiger partial charge in [-0.3, -0.25) is 4.79 Å². The van der Waals surface area contributed by atoms with Crippen molar-refractivity contribution in [1.82, 2.24) is 0 Å². The summed E-state index contributed by atoms with van der Waals surface area (Å²) in [5, 5.41) is 12.3. The molecule has 3 heteroatoms. The Morgan fingerprint density at radius 3 is 2.06 bits per heavy atom. The molecule has 0 bridgehead atoms. The first-order valence-corrected chi connectivity index (χ1v) is 12.1. The Kier molecular flexibility index (Phi) is 4.60. The van der Waals surface area contributed by atoms with Crippen LogP contribution in [0.15, 0.2) is 78.5 Å². The molecule has 0 amide bonds. The van der Waals surface area contributed by atoms with Gasteiger partial charge in [0, 0.05) is 12.1 Å². The van der Waals surface area contributed by atoms with Gasteiger partial charge in [0.05, 0.1) is 23.3 Å². The largest absolute Gasteiger partial charge is 0.375 e. The number of benzene rings is 4. The van der Waals surface area contributed by atoms with Gasteiger partial charge in [-0.1, -0.05) is 68.5 Å². The quantitative estimate of drug-likeness (QED) is 0.295. The molecule has 0 aromatic heterocycles. The van der Waals surface area contributed by atoms with Crippen LogP contribution in [-0.2, 0) is 4.79 Å². The van der Waals surface area contributed by atoms with Crippen LogP contribution in [0.4, 0.5) is 11.4 Å². The van der Waals surface area contributed by atoms with Crippen molar-refractivity contribution in [3.8, 4) is 0 Å². The van der Waals surface area contributed by atoms with Crippen molar-refractivity contribution in [3.63, 3.8) is 0 Å². The Morgan fingerprint density at radius 2 is 1.41 bits per heavy atom. The van der Waals surface area contributed by atoms with E-state index in [1.54, 1.807) is 0 Å². The Labute approximate surface area is 200 Å². The number of allylic oxidation sites excluding steroid dienone is 1. The highest BCUT2D eigenvalue weighted by atomic mass is 16.1. The first-order valence-electron chi connectivity index (χ1n) is 12.1. The maximum Gasteiger partial charge on any atom is 0.145 e. The molecule has 0 fully saturated rings. The summed E-state index contributed by atoms with van der Waals surface area (Å²) in [7, 11) is 0. The van der Waals surface area contributed by atoms with Crippen LogP contribution in [-0.4, -0.2) is 5.78 Å². The van der Waals surface area contributed by atoms with E-state index < -0.39 is 0 Å². The van der Waals surface area contributed by atoms with Gasteiger partial charge in [0.25, 0.3) is 0 Å². The third-order valence-corrected chi connectivity index (χ3v) is 7.54. The highest BCUT2D eigenvalue weighted by Crippen LogP contribution is 2.48. The average Bonchev–Trinajstić information content (AvgIpc) is 2.93. The van der Waals surface area contributed by atoms with Crippen LogP contribution in [0.2, 0.25) is 0 Å². The lowest BCUT2D eigenvalue weighted by Crippen LogP contribution is -2.36. The van der Waals surface area contributed by atoms with Gasteiger partial charge in [-0.15, -0.1) is 0 Å². The van der Waals surface area contributed by atoms with E-state index in [0.717, 1.165) is 17.1 Å². The molecule has 3 nitrogen and oxygen atoms in total. The second-order valence-electron chi connectivity index (χ2n) is 10.7. The van der Waals surface area contributed by atoms with Gasteiger partial charge in [0.1, 0.15) is 5.78 Å². The van der Waals surface area contributed by atoms with Gasteiger partial charge in [0.15, 0.2) is 0 Å². The Bertz CT molecular complexity index is 1460. The van der Waals surface area contributed by atoms with Gasteiger partial charge in [0.2, 0.25) is 0 Å². The summed E-state index contributed by atoms with van der Waals surface area (Å²) in [5.74, 6) is 0.000940. The summed E-state index contributed by atoms with van der Waals surface area (Å²) < 4.78 is 0. The van der Waals surface area contributed by atoms with Gasteiger partial charge < -0.3 is 10.6 Å². The normalized spacial score (nSPS) is 21.2. The molecule has 0 saturated heterocycles. The Morgan fingerprint density at radius 1 is 0.824 bits per heavy atom. The van der Waals surface area contributed by atoms with Crippen molar-refractivity contribution in [2.24, 2.45) is 11.3 Å². The predicted molar refractivity (Wildman–Crippen MR) is 142 cm³/mol. The number of fused-ring (bicyclic) bond motifs is 4. The SMILES string of the molecule is Cc1cc2c(cc1C)N[C@H](c1c3ccccc3cc3ccccc13)[C@H]1C(=O)CC(C)(C)C=C1N2. The fraction of sp³-hybridized carbons (Fsp3) is 0.258. The standard InChI is InChI=1S/C31H30N2O/c1-18-13-24-25(14-19(18)2)33-30(29-26(32-24)16-31(3,4)17-27(29)34)28-22-11-7-5-9-20(22)15-21-10-6-8-12-23(21)28/h5-16,29-30,32-33H,17H2,1-4H3/t29-,30-/m1/s1. The van der Waals surface area contributed by atoms with Gasteiger partial charge in [-0.25, -0.2) is 0 Å². The first kappa shape index (κ1) is 21.0. The summed E-state index contributed by atoms with van der Waals surface area (Å²) in [6.45, 7) is 8.58. The number of anilines is 2. The minimum atomic E-state index is -0.282. The topological polar surface area (TPSA) is 41.1 Å². The number of carbonyl (C=O) groups is 1. The highest BCUT2D eigenvalue weighted by Gasteiger charge is 2.42. The Hall–Kier alpha value is -3.59. The average molecular weight is 447 g/mol. The number of rotatable bonds is 1. The fourth-order valence-corrected chi connectivity index (χ4v) is 5.84. The van der Waals surface area contributed by atoms with Crippen molar-refractivity contribution in [2.45, 2.75) is 40.2 Å². The van der Waals surface area contributed by atoms with Crippen molar-refractivity contribution in [3.05, 3.63) is 95.2 Å². The van der Waals surface area contributed by atoms with Gasteiger partial charge in [-0.2, -0.15) is 0 Å². The van der Waals surface area contributed by atoms with Crippen molar-refractivity contribution >= 4 is 38.7 Å². The van der Waals surface area contributed by atoms with E-state index in [1.165, 1.54) is 38.2 Å². The van der Waals surface area contributed by atoms with Crippen LogP contribution in [0.25, 0.3) is 21.5 Å². The molecule has 4 aromatic carbocycles. The summed E-state index contributed by atoms with van der Waals surface area (Å²) in [6.07, 6.45) is 2.82. The summed E-state index contributed by atoms with van der Waals surface area (Å²) in [4.78, 5) is 13.8. The molecule has 0 radical (unpaired) electrons. The number of hydrogen-bond acceptors (Lipinski definition) is 3. The highest BCUT2D eigenvalue weighted by molar-refractivity contribution is 6.04. The molecule has 34 heavy (non-hydrogen) atoms. The molecule has 1 aliphatic heterocycles. The van der Waals surface area contributed by atoms with Crippen LogP contribution in [0, 0.1) is 25.2 Å². The molecular formula is C31H30N2O. The number of carbonyl (C=O) groups excluding carboxylic acids is 1. The van der Waals surface area contributed by atoms with Gasteiger partial charge >= 0.3 is 0 Å². The summed E-state index contributed by atoms with van der Waals surface area (Å²) in [5.41, 5.74) is 6.60. The number of ketones is 1. The smallest absolute Gasteiger partial charge is 0.145 e. The molecule has 0 spiro atoms. The van der Waals surface area contributed by atoms with E-state index in [-0.39, 0.29) is 23.2 Å².